The van der Waals surface area contributed by atoms with Crippen LogP contribution in [0.4, 0.5) is 0 Å². The molecule has 11 heteroatoms. The van der Waals surface area contributed by atoms with Gasteiger partial charge in [0.2, 0.25) is 0 Å². The van der Waals surface area contributed by atoms with Gasteiger partial charge in [0.05, 0.1) is 19.8 Å². The number of rotatable bonds is 17. The van der Waals surface area contributed by atoms with Gasteiger partial charge in [-0.2, -0.15) is 0 Å². The van der Waals surface area contributed by atoms with E-state index >= 15 is 0 Å². The number of ether oxygens (including phenoxy) is 2. The van der Waals surface area contributed by atoms with Crippen LogP contribution in [-0.4, -0.2) is 76.3 Å². The maximum atomic E-state index is 7.57. The Kier molecular flexibility index (Phi) is 13.2. The molecular formula is C31H66O6Si5. The van der Waals surface area contributed by atoms with Crippen LogP contribution in [0.25, 0.3) is 0 Å². The molecule has 4 aliphatic rings. The number of hydrogen-bond donors (Lipinski definition) is 0. The van der Waals surface area contributed by atoms with Crippen LogP contribution in [0.15, 0.2) is 12.2 Å². The zero-order valence-corrected chi connectivity index (χ0v) is 34.5. The Morgan fingerprint density at radius 3 is 2.24 bits per heavy atom. The molecule has 8 atom stereocenters. The maximum Gasteiger partial charge on any atom is 0.320 e. The molecule has 42 heavy (non-hydrogen) atoms. The lowest BCUT2D eigenvalue weighted by Crippen LogP contribution is -2.61. The molecule has 0 aromatic rings. The number of hydrogen-bond acceptors (Lipinski definition) is 6. The van der Waals surface area contributed by atoms with E-state index in [0.29, 0.717) is 11.5 Å². The maximum absolute atomic E-state index is 7.57. The second-order valence-corrected chi connectivity index (χ2v) is 35.5. The summed E-state index contributed by atoms with van der Waals surface area (Å²) >= 11 is 0. The Hall–Kier alpha value is 0.584. The van der Waals surface area contributed by atoms with E-state index in [9.17, 15) is 0 Å². The zero-order chi connectivity index (χ0) is 31.4. The van der Waals surface area contributed by atoms with Crippen molar-refractivity contribution in [3.8, 4) is 0 Å². The summed E-state index contributed by atoms with van der Waals surface area (Å²) in [4.78, 5) is 0. The molecule has 2 saturated carbocycles. The van der Waals surface area contributed by atoms with Crippen molar-refractivity contribution in [1.29, 1.82) is 0 Å². The van der Waals surface area contributed by atoms with Gasteiger partial charge in [-0.25, -0.2) is 0 Å². The lowest BCUT2D eigenvalue weighted by Gasteiger charge is -2.47. The minimum Gasteiger partial charge on any atom is -0.437 e. The quantitative estimate of drug-likeness (QED) is 0.0881. The molecule has 0 radical (unpaired) electrons. The Bertz CT molecular complexity index is 875. The van der Waals surface area contributed by atoms with Gasteiger partial charge in [0, 0.05) is 32.7 Å². The molecule has 3 fully saturated rings. The highest BCUT2D eigenvalue weighted by molar-refractivity contribution is 6.96. The molecule has 0 N–H and O–H groups in total. The van der Waals surface area contributed by atoms with Gasteiger partial charge in [0.1, 0.15) is 0 Å². The number of allylic oxidation sites excluding steroid dienone is 2. The second-order valence-electron chi connectivity index (χ2n) is 15.7. The minimum absolute atomic E-state index is 0.231. The monoisotopic (exact) mass is 674 g/mol. The van der Waals surface area contributed by atoms with Crippen molar-refractivity contribution in [3.05, 3.63) is 12.2 Å². The molecule has 3 aliphatic carbocycles. The van der Waals surface area contributed by atoms with Crippen molar-refractivity contribution in [2.24, 2.45) is 29.1 Å². The van der Waals surface area contributed by atoms with Gasteiger partial charge in [0.15, 0.2) is 8.32 Å². The molecule has 246 valence electrons. The molecule has 0 aromatic heterocycles. The second kappa shape index (κ2) is 15.0. The average Bonchev–Trinajstić information content (AvgIpc) is 3.59. The third-order valence-corrected chi connectivity index (χ3v) is 32.2. The first-order valence-corrected chi connectivity index (χ1v) is 30.9. The molecule has 2 bridgehead atoms. The highest BCUT2D eigenvalue weighted by Gasteiger charge is 2.62. The summed E-state index contributed by atoms with van der Waals surface area (Å²) in [5.41, 5.74) is 2.02. The van der Waals surface area contributed by atoms with Crippen LogP contribution in [0.3, 0.4) is 0 Å². The molecule has 1 saturated heterocycles. The van der Waals surface area contributed by atoms with Gasteiger partial charge in [-0.05, 0) is 100 Å². The van der Waals surface area contributed by atoms with Crippen molar-refractivity contribution in [3.63, 3.8) is 0 Å². The van der Waals surface area contributed by atoms with Crippen LogP contribution in [0.1, 0.15) is 52.9 Å². The highest BCUT2D eigenvalue weighted by atomic mass is 28.5. The van der Waals surface area contributed by atoms with Crippen molar-refractivity contribution in [2.45, 2.75) is 123 Å². The summed E-state index contributed by atoms with van der Waals surface area (Å²) in [5.74, 6) is 3.12. The van der Waals surface area contributed by atoms with Crippen LogP contribution in [0.2, 0.25) is 69.6 Å². The number of fused-ring (bicyclic) bond motifs is 5. The van der Waals surface area contributed by atoms with Crippen LogP contribution < -0.4 is 0 Å². The molecule has 0 spiro atoms. The summed E-state index contributed by atoms with van der Waals surface area (Å²) in [6.45, 7) is 28.7. The zero-order valence-electron chi connectivity index (χ0n) is 29.3. The van der Waals surface area contributed by atoms with Crippen molar-refractivity contribution in [1.82, 2.24) is 0 Å². The van der Waals surface area contributed by atoms with E-state index in [0.717, 1.165) is 63.1 Å². The standard InChI is InChI=1S/C29H60O6Si5.C2H6/c1-11-29(21-32-22-29)20-31-16-13-17-39(9,34-38(7,8)23-37(4,5)6)35-40(10,33-36(3)30-2)28-19-24-18-27(28)26-15-12-14-25(24)26;1-2/h12,15,24-28,36H,11,13-14,16-23H2,1-10H3;1-2H3. The predicted octanol–water partition coefficient (Wildman–Crippen LogP) is 8.22. The van der Waals surface area contributed by atoms with Crippen molar-refractivity contribution in [2.75, 3.05) is 33.5 Å². The molecule has 1 heterocycles. The molecule has 8 unspecified atom stereocenters. The van der Waals surface area contributed by atoms with Gasteiger partial charge in [-0.3, -0.25) is 0 Å². The average molecular weight is 675 g/mol. The van der Waals surface area contributed by atoms with Gasteiger partial charge in [0.25, 0.3) is 0 Å². The SMILES string of the molecule is CC.CCC1(COCCC[Si](C)(O[Si](C)(C)C[Si](C)(C)C)O[Si](C)(O[SiH](C)OC)C2CC3CC2C2C=CCC32)COC1. The van der Waals surface area contributed by atoms with E-state index in [1.165, 1.54) is 24.9 Å². The van der Waals surface area contributed by atoms with E-state index in [1.807, 2.05) is 21.0 Å². The fourth-order valence-electron chi connectivity index (χ4n) is 8.73. The van der Waals surface area contributed by atoms with Crippen LogP contribution >= 0.6 is 0 Å². The predicted molar refractivity (Wildman–Crippen MR) is 188 cm³/mol. The largest absolute Gasteiger partial charge is 0.437 e. The third-order valence-electron chi connectivity index (χ3n) is 10.2. The van der Waals surface area contributed by atoms with E-state index in [1.54, 1.807) is 0 Å². The topological polar surface area (TPSA) is 55.4 Å². The first-order chi connectivity index (χ1) is 19.6. The summed E-state index contributed by atoms with van der Waals surface area (Å²) in [5, 5.41) is 0. The molecule has 0 aromatic carbocycles. The first kappa shape index (κ1) is 37.0. The third kappa shape index (κ3) is 9.32. The van der Waals surface area contributed by atoms with E-state index in [-0.39, 0.29) is 5.41 Å². The molecule has 0 amide bonds. The Balaban J connectivity index is 0.00000237. The normalized spacial score (nSPS) is 31.5. The van der Waals surface area contributed by atoms with Gasteiger partial charge < -0.3 is 26.2 Å². The molecule has 1 aliphatic heterocycles. The lowest BCUT2D eigenvalue weighted by molar-refractivity contribution is -0.150. The van der Waals surface area contributed by atoms with Crippen LogP contribution in [0.5, 0.6) is 0 Å². The van der Waals surface area contributed by atoms with E-state index < -0.39 is 42.8 Å². The van der Waals surface area contributed by atoms with Gasteiger partial charge in [-0.1, -0.05) is 52.6 Å². The van der Waals surface area contributed by atoms with Crippen molar-refractivity contribution < 1.29 is 26.2 Å². The Labute approximate surface area is 265 Å². The summed E-state index contributed by atoms with van der Waals surface area (Å²) < 4.78 is 39.6. The fraction of sp³-hybridized carbons (Fsp3) is 0.935. The Morgan fingerprint density at radius 1 is 0.976 bits per heavy atom. The van der Waals surface area contributed by atoms with Crippen molar-refractivity contribution >= 4 is 42.8 Å². The van der Waals surface area contributed by atoms with Gasteiger partial charge in [-0.15, -0.1) is 0 Å². The van der Waals surface area contributed by atoms with E-state index in [2.05, 4.69) is 71.5 Å². The first-order valence-electron chi connectivity index (χ1n) is 17.1. The summed E-state index contributed by atoms with van der Waals surface area (Å²) in [6.07, 6.45) is 11.0. The molecule has 6 nitrogen and oxygen atoms in total. The molecular weight excluding hydrogens is 609 g/mol. The summed E-state index contributed by atoms with van der Waals surface area (Å²) in [7, 11) is -8.33. The fourth-order valence-corrected chi connectivity index (χ4v) is 37.0. The Morgan fingerprint density at radius 2 is 1.67 bits per heavy atom. The van der Waals surface area contributed by atoms with Crippen LogP contribution in [-0.2, 0) is 26.2 Å². The summed E-state index contributed by atoms with van der Waals surface area (Å²) in [6, 6.07) is 0.965. The smallest absolute Gasteiger partial charge is 0.320 e. The lowest BCUT2D eigenvalue weighted by atomic mass is 9.81. The van der Waals surface area contributed by atoms with E-state index in [4.69, 9.17) is 26.2 Å². The minimum atomic E-state index is -2.59. The van der Waals surface area contributed by atoms with Crippen LogP contribution in [0, 0.1) is 29.1 Å². The highest BCUT2D eigenvalue weighted by Crippen LogP contribution is 2.64. The van der Waals surface area contributed by atoms with Gasteiger partial charge >= 0.3 is 26.4 Å². The molecule has 4 rings (SSSR count).